The van der Waals surface area contributed by atoms with Crippen LogP contribution in [0.2, 0.25) is 0 Å². The molecule has 0 bridgehead atoms. The second-order valence-electron chi connectivity index (χ2n) is 4.10. The molecule has 0 aliphatic carbocycles. The lowest BCUT2D eigenvalue weighted by molar-refractivity contribution is 0.342. The van der Waals surface area contributed by atoms with Crippen LogP contribution in [0.5, 0.6) is 5.75 Å². The molecule has 0 saturated carbocycles. The Morgan fingerprint density at radius 3 is 2.68 bits per heavy atom. The molecule has 0 saturated heterocycles. The third-order valence-corrected chi connectivity index (χ3v) is 3.57. The van der Waals surface area contributed by atoms with Crippen LogP contribution >= 0.6 is 15.9 Å². The van der Waals surface area contributed by atoms with Gasteiger partial charge in [0.15, 0.2) is 0 Å². The molecule has 100 valence electrons. The van der Waals surface area contributed by atoms with Crippen LogP contribution in [0.1, 0.15) is 12.5 Å². The fourth-order valence-corrected chi connectivity index (χ4v) is 2.24. The lowest BCUT2D eigenvalue weighted by Gasteiger charge is -2.13. The van der Waals surface area contributed by atoms with Crippen molar-refractivity contribution in [3.8, 4) is 5.75 Å². The summed E-state index contributed by atoms with van der Waals surface area (Å²) in [5, 5.41) is 3.33. The lowest BCUT2D eigenvalue weighted by atomic mass is 10.2. The second-order valence-corrected chi connectivity index (χ2v) is 4.95. The van der Waals surface area contributed by atoms with E-state index in [0.717, 1.165) is 15.9 Å². The maximum atomic E-state index is 6.07. The maximum absolute atomic E-state index is 6.07. The first-order valence-corrected chi connectivity index (χ1v) is 7.00. The van der Waals surface area contributed by atoms with Crippen molar-refractivity contribution in [3.63, 3.8) is 0 Å². The van der Waals surface area contributed by atoms with E-state index in [4.69, 9.17) is 10.5 Å². The Morgan fingerprint density at radius 2 is 1.95 bits per heavy atom. The van der Waals surface area contributed by atoms with Crippen molar-refractivity contribution in [2.75, 3.05) is 17.7 Å². The number of nitrogens with one attached hydrogen (secondary N) is 1. The van der Waals surface area contributed by atoms with E-state index in [1.165, 1.54) is 5.56 Å². The molecule has 0 aliphatic heterocycles. The Hall–Kier alpha value is -1.68. The molecule has 2 rings (SSSR count). The van der Waals surface area contributed by atoms with Crippen molar-refractivity contribution in [3.05, 3.63) is 52.5 Å². The molecule has 0 unspecified atom stereocenters. The van der Waals surface area contributed by atoms with Crippen LogP contribution in [0.4, 0.5) is 11.4 Å². The van der Waals surface area contributed by atoms with Gasteiger partial charge in [-0.25, -0.2) is 0 Å². The molecule has 0 aromatic heterocycles. The summed E-state index contributed by atoms with van der Waals surface area (Å²) in [7, 11) is 0. The minimum atomic E-state index is 0.609. The summed E-state index contributed by atoms with van der Waals surface area (Å²) >= 11 is 3.53. The van der Waals surface area contributed by atoms with Crippen molar-refractivity contribution >= 4 is 27.3 Å². The van der Waals surface area contributed by atoms with Gasteiger partial charge in [0.2, 0.25) is 0 Å². The zero-order valence-electron chi connectivity index (χ0n) is 10.8. The van der Waals surface area contributed by atoms with Crippen molar-refractivity contribution in [2.24, 2.45) is 0 Å². The van der Waals surface area contributed by atoms with Gasteiger partial charge in [0.25, 0.3) is 0 Å². The van der Waals surface area contributed by atoms with E-state index in [-0.39, 0.29) is 0 Å². The van der Waals surface area contributed by atoms with Gasteiger partial charge in [0, 0.05) is 11.0 Å². The molecule has 19 heavy (non-hydrogen) atoms. The number of hydrogen-bond acceptors (Lipinski definition) is 3. The summed E-state index contributed by atoms with van der Waals surface area (Å²) in [5.41, 5.74) is 8.80. The first-order chi connectivity index (χ1) is 9.22. The number of halogens is 1. The summed E-state index contributed by atoms with van der Waals surface area (Å²) < 4.78 is 6.56. The molecular weight excluding hydrogens is 304 g/mol. The van der Waals surface area contributed by atoms with E-state index in [1.54, 1.807) is 0 Å². The Morgan fingerprint density at radius 1 is 1.16 bits per heavy atom. The third kappa shape index (κ3) is 3.41. The molecule has 0 atom stereocenters. The van der Waals surface area contributed by atoms with Crippen LogP contribution in [-0.2, 0) is 6.54 Å². The number of anilines is 2. The van der Waals surface area contributed by atoms with E-state index in [9.17, 15) is 0 Å². The van der Waals surface area contributed by atoms with E-state index in [2.05, 4.69) is 27.3 Å². The zero-order valence-corrected chi connectivity index (χ0v) is 12.4. The molecule has 2 aromatic rings. The average molecular weight is 321 g/mol. The van der Waals surface area contributed by atoms with Gasteiger partial charge in [-0.15, -0.1) is 0 Å². The minimum Gasteiger partial charge on any atom is -0.492 e. The highest BCUT2D eigenvalue weighted by atomic mass is 79.9. The Balaban J connectivity index is 2.12. The van der Waals surface area contributed by atoms with Gasteiger partial charge in [-0.05, 0) is 30.7 Å². The number of rotatable bonds is 5. The van der Waals surface area contributed by atoms with Crippen molar-refractivity contribution in [1.82, 2.24) is 0 Å². The molecule has 0 fully saturated rings. The van der Waals surface area contributed by atoms with Crippen LogP contribution in [0.15, 0.2) is 46.9 Å². The van der Waals surface area contributed by atoms with Gasteiger partial charge >= 0.3 is 0 Å². The molecule has 0 spiro atoms. The molecular formula is C15H17BrN2O. The molecule has 0 radical (unpaired) electrons. The van der Waals surface area contributed by atoms with Crippen molar-refractivity contribution in [1.29, 1.82) is 0 Å². The van der Waals surface area contributed by atoms with Crippen molar-refractivity contribution < 1.29 is 4.74 Å². The highest BCUT2D eigenvalue weighted by molar-refractivity contribution is 9.10. The zero-order chi connectivity index (χ0) is 13.7. The molecule has 3 nitrogen and oxygen atoms in total. The van der Waals surface area contributed by atoms with Crippen LogP contribution < -0.4 is 15.8 Å². The van der Waals surface area contributed by atoms with Gasteiger partial charge in [-0.2, -0.15) is 0 Å². The highest BCUT2D eigenvalue weighted by Gasteiger charge is 2.06. The van der Waals surface area contributed by atoms with Gasteiger partial charge < -0.3 is 15.8 Å². The van der Waals surface area contributed by atoms with Crippen LogP contribution in [0, 0.1) is 0 Å². The monoisotopic (exact) mass is 320 g/mol. The molecule has 2 aromatic carbocycles. The number of ether oxygens (including phenoxy) is 1. The van der Waals surface area contributed by atoms with Gasteiger partial charge in [0.1, 0.15) is 5.75 Å². The van der Waals surface area contributed by atoms with Crippen molar-refractivity contribution in [2.45, 2.75) is 13.5 Å². The number of para-hydroxylation sites is 1. The quantitative estimate of drug-likeness (QED) is 0.817. The van der Waals surface area contributed by atoms with Crippen LogP contribution in [0.3, 0.4) is 0 Å². The highest BCUT2D eigenvalue weighted by Crippen LogP contribution is 2.30. The standard InChI is InChI=1S/C15H17BrN2O/c1-2-19-14-9-5-8-13(15(14)17)18-10-11-6-3-4-7-12(11)16/h3-9,18H,2,10,17H2,1H3. The molecule has 0 amide bonds. The predicted molar refractivity (Wildman–Crippen MR) is 83.5 cm³/mol. The van der Waals surface area contributed by atoms with E-state index in [0.29, 0.717) is 18.8 Å². The maximum Gasteiger partial charge on any atom is 0.144 e. The van der Waals surface area contributed by atoms with Gasteiger partial charge in [-0.3, -0.25) is 0 Å². The SMILES string of the molecule is CCOc1cccc(NCc2ccccc2Br)c1N. The number of benzene rings is 2. The second kappa shape index (κ2) is 6.48. The smallest absolute Gasteiger partial charge is 0.144 e. The van der Waals surface area contributed by atoms with E-state index < -0.39 is 0 Å². The van der Waals surface area contributed by atoms with Gasteiger partial charge in [-0.1, -0.05) is 40.2 Å². The predicted octanol–water partition coefficient (Wildman–Crippen LogP) is 4.04. The average Bonchev–Trinajstić information content (AvgIpc) is 2.42. The normalized spacial score (nSPS) is 10.2. The molecule has 4 heteroatoms. The van der Waals surface area contributed by atoms with Crippen LogP contribution in [0.25, 0.3) is 0 Å². The first kappa shape index (κ1) is 13.7. The summed E-state index contributed by atoms with van der Waals surface area (Å²) in [6, 6.07) is 13.9. The Bertz CT molecular complexity index is 558. The summed E-state index contributed by atoms with van der Waals surface area (Å²) in [5.74, 6) is 0.722. The lowest BCUT2D eigenvalue weighted by Crippen LogP contribution is -2.05. The largest absolute Gasteiger partial charge is 0.492 e. The first-order valence-electron chi connectivity index (χ1n) is 6.21. The minimum absolute atomic E-state index is 0.609. The Kier molecular flexibility index (Phi) is 4.68. The fraction of sp³-hybridized carbons (Fsp3) is 0.200. The van der Waals surface area contributed by atoms with Gasteiger partial charge in [0.05, 0.1) is 18.0 Å². The molecule has 0 heterocycles. The molecule has 0 aliphatic rings. The topological polar surface area (TPSA) is 47.3 Å². The van der Waals surface area contributed by atoms with E-state index >= 15 is 0 Å². The number of nitrogens with two attached hydrogens (primary N) is 1. The summed E-state index contributed by atoms with van der Waals surface area (Å²) in [4.78, 5) is 0. The number of hydrogen-bond donors (Lipinski definition) is 2. The molecule has 3 N–H and O–H groups in total. The number of nitrogen functional groups attached to an aromatic ring is 1. The van der Waals surface area contributed by atoms with Crippen LogP contribution in [-0.4, -0.2) is 6.61 Å². The Labute approximate surface area is 121 Å². The third-order valence-electron chi connectivity index (χ3n) is 2.79. The van der Waals surface area contributed by atoms with E-state index in [1.807, 2.05) is 43.3 Å². The summed E-state index contributed by atoms with van der Waals surface area (Å²) in [6.07, 6.45) is 0. The fourth-order valence-electron chi connectivity index (χ4n) is 1.81. The summed E-state index contributed by atoms with van der Waals surface area (Å²) in [6.45, 7) is 3.26.